The molecule has 40 heavy (non-hydrogen) atoms. The summed E-state index contributed by atoms with van der Waals surface area (Å²) in [6, 6.07) is 13.7. The lowest BCUT2D eigenvalue weighted by Gasteiger charge is -2.41. The van der Waals surface area contributed by atoms with Crippen molar-refractivity contribution in [1.82, 2.24) is 24.4 Å². The van der Waals surface area contributed by atoms with Crippen molar-refractivity contribution < 1.29 is 22.7 Å². The van der Waals surface area contributed by atoms with E-state index in [1.165, 1.54) is 20.2 Å². The normalized spacial score (nSPS) is 15.9. The molecule has 1 atom stereocenters. The van der Waals surface area contributed by atoms with Crippen LogP contribution in [-0.4, -0.2) is 63.1 Å². The zero-order chi connectivity index (χ0) is 28.8. The largest absolute Gasteiger partial charge is 0.497 e. The molecule has 0 aliphatic carbocycles. The van der Waals surface area contributed by atoms with Crippen LogP contribution in [-0.2, 0) is 6.18 Å². The number of nitrogens with two attached hydrogens (primary N) is 1. The van der Waals surface area contributed by atoms with E-state index in [1.54, 1.807) is 35.2 Å². The Morgan fingerprint density at radius 1 is 1.15 bits per heavy atom. The number of halogens is 3. The van der Waals surface area contributed by atoms with Crippen molar-refractivity contribution in [3.05, 3.63) is 83.7 Å². The maximum Gasteiger partial charge on any atom is 0.433 e. The Morgan fingerprint density at radius 3 is 2.50 bits per heavy atom. The minimum Gasteiger partial charge on any atom is -0.497 e. The average molecular weight is 551 g/mol. The third-order valence-corrected chi connectivity index (χ3v) is 7.24. The molecule has 3 heterocycles. The highest BCUT2D eigenvalue weighted by Gasteiger charge is 2.39. The van der Waals surface area contributed by atoms with Gasteiger partial charge in [0, 0.05) is 48.2 Å². The summed E-state index contributed by atoms with van der Waals surface area (Å²) < 4.78 is 48.7. The minimum atomic E-state index is -4.72. The van der Waals surface area contributed by atoms with Crippen molar-refractivity contribution in [1.29, 1.82) is 0 Å². The molecule has 0 bridgehead atoms. The van der Waals surface area contributed by atoms with E-state index < -0.39 is 17.8 Å². The molecule has 2 aromatic carbocycles. The van der Waals surface area contributed by atoms with Gasteiger partial charge in [0.25, 0.3) is 5.91 Å². The number of hydrogen-bond donors (Lipinski definition) is 1. The molecule has 0 unspecified atom stereocenters. The number of benzene rings is 2. The van der Waals surface area contributed by atoms with Gasteiger partial charge in [0.1, 0.15) is 11.3 Å². The van der Waals surface area contributed by atoms with E-state index in [1.807, 2.05) is 25.1 Å². The molecule has 0 saturated carbocycles. The van der Waals surface area contributed by atoms with Gasteiger partial charge in [-0.3, -0.25) is 4.79 Å². The summed E-state index contributed by atoms with van der Waals surface area (Å²) in [6.07, 6.45) is -3.55. The highest BCUT2D eigenvalue weighted by atomic mass is 19.4. The van der Waals surface area contributed by atoms with Crippen LogP contribution in [0.25, 0.3) is 22.6 Å². The molecule has 11 heteroatoms. The first-order valence-electron chi connectivity index (χ1n) is 12.7. The van der Waals surface area contributed by atoms with Crippen LogP contribution in [0.3, 0.4) is 0 Å². The molecule has 4 aromatic rings. The monoisotopic (exact) mass is 550 g/mol. The molecular formula is C29H29F3N6O2. The van der Waals surface area contributed by atoms with Crippen LogP contribution < -0.4 is 10.5 Å². The molecule has 1 aliphatic rings. The first-order chi connectivity index (χ1) is 19.0. The molecular weight excluding hydrogens is 521 g/mol. The Morgan fingerprint density at radius 2 is 1.88 bits per heavy atom. The van der Waals surface area contributed by atoms with E-state index in [4.69, 9.17) is 10.5 Å². The second-order valence-electron chi connectivity index (χ2n) is 9.82. The van der Waals surface area contributed by atoms with E-state index in [-0.39, 0.29) is 28.5 Å². The maximum atomic E-state index is 14.3. The number of ether oxygens (including phenoxy) is 1. The predicted octanol–water partition coefficient (Wildman–Crippen LogP) is 5.13. The van der Waals surface area contributed by atoms with Gasteiger partial charge in [0.2, 0.25) is 0 Å². The smallest absolute Gasteiger partial charge is 0.433 e. The quantitative estimate of drug-likeness (QED) is 0.347. The van der Waals surface area contributed by atoms with Crippen molar-refractivity contribution in [2.75, 3.05) is 32.5 Å². The molecule has 0 spiro atoms. The van der Waals surface area contributed by atoms with Crippen molar-refractivity contribution in [3.63, 3.8) is 0 Å². The Labute approximate surface area is 229 Å². The lowest BCUT2D eigenvalue weighted by atomic mass is 10.0. The molecule has 5 rings (SSSR count). The van der Waals surface area contributed by atoms with E-state index in [2.05, 4.69) is 21.6 Å². The number of nitrogen functional groups attached to an aromatic ring is 1. The average Bonchev–Trinajstić information content (AvgIpc) is 3.34. The van der Waals surface area contributed by atoms with Crippen LogP contribution in [0.2, 0.25) is 0 Å². The van der Waals surface area contributed by atoms with Gasteiger partial charge < -0.3 is 20.3 Å². The first-order valence-corrected chi connectivity index (χ1v) is 12.7. The fraction of sp³-hybridized carbons (Fsp3) is 0.276. The highest BCUT2D eigenvalue weighted by Crippen LogP contribution is 2.37. The van der Waals surface area contributed by atoms with Crippen molar-refractivity contribution in [2.45, 2.75) is 26.1 Å². The van der Waals surface area contributed by atoms with Gasteiger partial charge in [-0.15, -0.1) is 0 Å². The van der Waals surface area contributed by atoms with Crippen LogP contribution >= 0.6 is 0 Å². The lowest BCUT2D eigenvalue weighted by Crippen LogP contribution is -2.53. The van der Waals surface area contributed by atoms with E-state index in [9.17, 15) is 18.0 Å². The maximum absolute atomic E-state index is 14.3. The first kappa shape index (κ1) is 27.0. The fourth-order valence-electron chi connectivity index (χ4n) is 5.15. The molecule has 1 saturated heterocycles. The number of nitrogens with zero attached hydrogens (tertiary/aromatic N) is 5. The van der Waals surface area contributed by atoms with Gasteiger partial charge in [-0.2, -0.15) is 18.3 Å². The number of fused-ring (bicyclic) bond motifs is 1. The van der Waals surface area contributed by atoms with Crippen LogP contribution in [0.15, 0.2) is 61.3 Å². The number of carbonyl (C=O) groups excluding carboxylic acids is 1. The summed E-state index contributed by atoms with van der Waals surface area (Å²) >= 11 is 0. The standard InChI is InChI=1S/C29H29F3N6O2/c1-17-16-36(19(3)21-6-5-7-22(33)14-21)12-13-37(17)28(39)24-15-34-38-26(29(30,31)32)18(2)25(35-27(24)38)20-8-10-23(40-4)11-9-20/h5-11,14-15,17H,3,12-13,16,33H2,1-2,4H3/t17-/m1/s1. The number of aromatic nitrogens is 3. The van der Waals surface area contributed by atoms with Gasteiger partial charge in [-0.05, 0) is 55.8 Å². The van der Waals surface area contributed by atoms with Crippen molar-refractivity contribution >= 4 is 22.9 Å². The van der Waals surface area contributed by atoms with Gasteiger partial charge in [-0.25, -0.2) is 9.50 Å². The van der Waals surface area contributed by atoms with Crippen molar-refractivity contribution in [3.8, 4) is 17.0 Å². The Balaban J connectivity index is 1.49. The summed E-state index contributed by atoms with van der Waals surface area (Å²) in [5, 5.41) is 3.97. The summed E-state index contributed by atoms with van der Waals surface area (Å²) in [5.74, 6) is 0.132. The summed E-state index contributed by atoms with van der Waals surface area (Å²) in [5.41, 5.74) is 7.61. The van der Waals surface area contributed by atoms with Gasteiger partial charge in [-0.1, -0.05) is 18.7 Å². The molecule has 1 fully saturated rings. The number of alkyl halides is 3. The van der Waals surface area contributed by atoms with E-state index >= 15 is 0 Å². The second kappa shape index (κ2) is 10.2. The zero-order valence-corrected chi connectivity index (χ0v) is 22.4. The van der Waals surface area contributed by atoms with Crippen molar-refractivity contribution in [2.24, 2.45) is 0 Å². The van der Waals surface area contributed by atoms with Crippen LogP contribution in [0.5, 0.6) is 5.75 Å². The van der Waals surface area contributed by atoms with Gasteiger partial charge in [0.15, 0.2) is 11.3 Å². The topological polar surface area (TPSA) is 89.0 Å². The Bertz CT molecular complexity index is 1600. The number of piperazine rings is 1. The molecule has 208 valence electrons. The third-order valence-electron chi connectivity index (χ3n) is 7.24. The summed E-state index contributed by atoms with van der Waals surface area (Å²) in [6.45, 7) is 8.80. The van der Waals surface area contributed by atoms with Gasteiger partial charge >= 0.3 is 6.18 Å². The molecule has 1 aliphatic heterocycles. The van der Waals surface area contributed by atoms with E-state index in [0.717, 1.165) is 15.8 Å². The van der Waals surface area contributed by atoms with Gasteiger partial charge in [0.05, 0.1) is 19.0 Å². The Kier molecular flexibility index (Phi) is 6.91. The number of methoxy groups -OCH3 is 1. The number of anilines is 1. The van der Waals surface area contributed by atoms with Crippen LogP contribution in [0.1, 0.15) is 34.1 Å². The predicted molar refractivity (Wildman–Crippen MR) is 147 cm³/mol. The fourth-order valence-corrected chi connectivity index (χ4v) is 5.15. The number of rotatable bonds is 5. The number of carbonyl (C=O) groups is 1. The van der Waals surface area contributed by atoms with Crippen LogP contribution in [0.4, 0.5) is 18.9 Å². The SMILES string of the molecule is C=C(c1cccc(N)c1)N1CCN(C(=O)c2cnn3c(C(F)(F)F)c(C)c(-c4ccc(OC)cc4)nc23)[C@H](C)C1. The molecule has 0 radical (unpaired) electrons. The third kappa shape index (κ3) is 4.83. The molecule has 2 aromatic heterocycles. The molecule has 1 amide bonds. The number of amides is 1. The zero-order valence-electron chi connectivity index (χ0n) is 22.4. The summed E-state index contributed by atoms with van der Waals surface area (Å²) in [4.78, 5) is 22.0. The second-order valence-corrected chi connectivity index (χ2v) is 9.82. The number of hydrogen-bond acceptors (Lipinski definition) is 6. The van der Waals surface area contributed by atoms with E-state index in [0.29, 0.717) is 36.6 Å². The molecule has 2 N–H and O–H groups in total. The van der Waals surface area contributed by atoms with Crippen LogP contribution in [0, 0.1) is 6.92 Å². The highest BCUT2D eigenvalue weighted by molar-refractivity contribution is 6.00. The lowest BCUT2D eigenvalue weighted by molar-refractivity contribution is -0.143. The molecule has 8 nitrogen and oxygen atoms in total. The Hall–Kier alpha value is -4.54. The minimum absolute atomic E-state index is 0.00946. The summed E-state index contributed by atoms with van der Waals surface area (Å²) in [7, 11) is 1.50.